The number of fused-ring (bicyclic) bond motifs is 2. The molecule has 352 valence electrons. The van der Waals surface area contributed by atoms with Gasteiger partial charge in [0.05, 0.1) is 27.4 Å². The predicted molar refractivity (Wildman–Crippen MR) is 241 cm³/mol. The minimum Gasteiger partial charge on any atom is -0.496 e. The summed E-state index contributed by atoms with van der Waals surface area (Å²) in [5, 5.41) is 14.3. The van der Waals surface area contributed by atoms with Crippen molar-refractivity contribution in [2.24, 2.45) is 0 Å². The highest BCUT2D eigenvalue weighted by molar-refractivity contribution is 5.85. The Kier molecular flexibility index (Phi) is 17.5. The number of hydrogen-bond donors (Lipinski definition) is 4. The summed E-state index contributed by atoms with van der Waals surface area (Å²) in [6.45, 7) is 5.03. The van der Waals surface area contributed by atoms with Crippen molar-refractivity contribution in [1.82, 2.24) is 21.3 Å². The fourth-order valence-electron chi connectivity index (χ4n) is 9.37. The van der Waals surface area contributed by atoms with Crippen LogP contribution in [0.2, 0.25) is 0 Å². The van der Waals surface area contributed by atoms with Crippen LogP contribution in [0.3, 0.4) is 0 Å². The third-order valence-corrected chi connectivity index (χ3v) is 13.0. The monoisotopic (exact) mass is 940 g/mol. The Morgan fingerprint density at radius 1 is 0.609 bits per heavy atom. The molecule has 0 aliphatic carbocycles. The van der Waals surface area contributed by atoms with E-state index in [0.29, 0.717) is 59.7 Å². The van der Waals surface area contributed by atoms with E-state index in [1.807, 2.05) is 36.4 Å². The van der Waals surface area contributed by atoms with Gasteiger partial charge in [0.25, 0.3) is 0 Å². The molecule has 2 fully saturated rings. The fourth-order valence-corrected chi connectivity index (χ4v) is 9.37. The lowest BCUT2D eigenvalue weighted by atomic mass is 9.85. The number of rotatable bonds is 10. The van der Waals surface area contributed by atoms with Crippen molar-refractivity contribution in [2.75, 3.05) is 40.5 Å². The molecule has 4 heterocycles. The zero-order valence-electron chi connectivity index (χ0n) is 36.6. The highest BCUT2D eigenvalue weighted by Gasteiger charge is 2.57. The van der Waals surface area contributed by atoms with E-state index in [-0.39, 0.29) is 73.3 Å². The van der Waals surface area contributed by atoms with Gasteiger partial charge in [0.1, 0.15) is 11.5 Å². The molecule has 4 aromatic rings. The Labute approximate surface area is 384 Å². The fraction of sp³-hybridized carbons (Fsp3) is 0.500. The van der Waals surface area contributed by atoms with Crippen LogP contribution in [0.4, 0.5) is 26.3 Å². The summed E-state index contributed by atoms with van der Waals surface area (Å²) in [5.74, 6) is 1.22. The molecule has 4 aliphatic rings. The summed E-state index contributed by atoms with van der Waals surface area (Å²) in [5.41, 5.74) is 0.850. The number of benzene rings is 4. The molecule has 8 rings (SSSR count). The van der Waals surface area contributed by atoms with Gasteiger partial charge in [0, 0.05) is 48.4 Å². The number of hydrogen-bond acceptors (Lipinski definition) is 8. The number of piperidine rings is 2. The summed E-state index contributed by atoms with van der Waals surface area (Å²) < 4.78 is 105. The molecule has 4 aliphatic heterocycles. The van der Waals surface area contributed by atoms with Crippen LogP contribution in [0.5, 0.6) is 11.5 Å². The maximum atomic E-state index is 13.9. The second-order valence-electron chi connectivity index (χ2n) is 16.8. The van der Waals surface area contributed by atoms with E-state index < -0.39 is 23.6 Å². The molecule has 2 saturated heterocycles. The topological polar surface area (TPSA) is 85.0 Å². The molecule has 64 heavy (non-hydrogen) atoms. The number of halogens is 8. The molecule has 0 saturated carbocycles. The maximum absolute atomic E-state index is 13.9. The van der Waals surface area contributed by atoms with Gasteiger partial charge in [-0.15, -0.1) is 24.8 Å². The van der Waals surface area contributed by atoms with Crippen LogP contribution in [0.1, 0.15) is 96.1 Å². The highest BCUT2D eigenvalue weighted by Crippen LogP contribution is 2.48. The molecule has 8 nitrogen and oxygen atoms in total. The van der Waals surface area contributed by atoms with Crippen LogP contribution in [-0.2, 0) is 46.6 Å². The summed E-state index contributed by atoms with van der Waals surface area (Å²) in [7, 11) is 3.12. The van der Waals surface area contributed by atoms with Gasteiger partial charge in [0.2, 0.25) is 0 Å². The third-order valence-electron chi connectivity index (χ3n) is 13.0. The number of ether oxygens (including phenoxy) is 4. The Morgan fingerprint density at radius 2 is 0.984 bits per heavy atom. The molecule has 0 radical (unpaired) electrons. The smallest absolute Gasteiger partial charge is 0.421 e. The normalized spacial score (nSPS) is 25.5. The van der Waals surface area contributed by atoms with Crippen molar-refractivity contribution in [3.8, 4) is 11.5 Å². The van der Waals surface area contributed by atoms with Crippen LogP contribution in [-0.4, -0.2) is 65.0 Å². The van der Waals surface area contributed by atoms with E-state index in [2.05, 4.69) is 45.5 Å². The lowest BCUT2D eigenvalue weighted by Gasteiger charge is -2.38. The van der Waals surface area contributed by atoms with Crippen LogP contribution in [0.25, 0.3) is 0 Å². The van der Waals surface area contributed by atoms with Gasteiger partial charge >= 0.3 is 12.4 Å². The first-order valence-corrected chi connectivity index (χ1v) is 21.5. The average molecular weight is 942 g/mol. The van der Waals surface area contributed by atoms with Gasteiger partial charge in [-0.2, -0.15) is 26.3 Å². The van der Waals surface area contributed by atoms with Crippen molar-refractivity contribution >= 4 is 24.8 Å². The minimum absolute atomic E-state index is 0. The van der Waals surface area contributed by atoms with E-state index in [0.717, 1.165) is 52.6 Å². The first-order chi connectivity index (χ1) is 29.7. The van der Waals surface area contributed by atoms with E-state index in [1.54, 1.807) is 38.5 Å². The van der Waals surface area contributed by atoms with Crippen molar-refractivity contribution in [3.63, 3.8) is 0 Å². The molecule has 0 spiro atoms. The Balaban J connectivity index is 0.000000234. The molecule has 4 aromatic carbocycles. The highest BCUT2D eigenvalue weighted by atomic mass is 35.5. The van der Waals surface area contributed by atoms with Gasteiger partial charge < -0.3 is 40.2 Å². The molecule has 0 bridgehead atoms. The van der Waals surface area contributed by atoms with Gasteiger partial charge in [0.15, 0.2) is 11.2 Å². The minimum atomic E-state index is -4.49. The first kappa shape index (κ1) is 51.4. The zero-order valence-corrected chi connectivity index (χ0v) is 38.2. The van der Waals surface area contributed by atoms with E-state index >= 15 is 0 Å². The molecule has 4 N–H and O–H groups in total. The number of nitrogens with one attached hydrogen (secondary N) is 4. The molecule has 0 aromatic heterocycles. The van der Waals surface area contributed by atoms with Crippen molar-refractivity contribution in [2.45, 2.75) is 113 Å². The van der Waals surface area contributed by atoms with E-state index in [1.165, 1.54) is 11.1 Å². The predicted octanol–water partition coefficient (Wildman–Crippen LogP) is 10.1. The lowest BCUT2D eigenvalue weighted by Crippen LogP contribution is -2.46. The van der Waals surface area contributed by atoms with Gasteiger partial charge in [-0.25, -0.2) is 0 Å². The number of methoxy groups -OCH3 is 2. The SMILES string of the molecule is COc1cc2c(cc1CNC1CCCNC1c1ccccc1)C(C)(C(F)(F)F)OCC2.COc1cc2c(cc1CN[C@H]1CCCN[C@H]1c1ccccc1)[C@](C)(C(F)(F)F)OCC2.Cl.Cl. The molecular weight excluding hydrogens is 881 g/mol. The van der Waals surface area contributed by atoms with E-state index in [4.69, 9.17) is 18.9 Å². The van der Waals surface area contributed by atoms with Crippen LogP contribution in [0.15, 0.2) is 84.9 Å². The van der Waals surface area contributed by atoms with Gasteiger partial charge in [-0.05, 0) is 123 Å². The summed E-state index contributed by atoms with van der Waals surface area (Å²) >= 11 is 0. The molecular formula is C48H60Cl2F6N4O4. The molecule has 6 atom stereocenters. The van der Waals surface area contributed by atoms with Crippen molar-refractivity contribution in [1.29, 1.82) is 0 Å². The Bertz CT molecular complexity index is 1970. The van der Waals surface area contributed by atoms with Crippen LogP contribution in [0, 0.1) is 0 Å². The standard InChI is InChI=1S/2C24H29F3N2O2.2ClH/c2*1-23(24(25,26)27)19-13-18(21(30-2)14-17(19)10-12-31-23)15-29-20-9-6-11-28-22(20)16-7-4-3-5-8-16;;/h2*3-5,7-8,13-14,20,22,28-29H,6,9-12,15H2,1-2H3;2*1H/t20-,22-,23+;;;/m0.../s1. The van der Waals surface area contributed by atoms with Crippen LogP contribution >= 0.6 is 24.8 Å². The van der Waals surface area contributed by atoms with Gasteiger partial charge in [-0.1, -0.05) is 60.7 Å². The Hall–Kier alpha value is -3.60. The van der Waals surface area contributed by atoms with E-state index in [9.17, 15) is 26.3 Å². The summed E-state index contributed by atoms with van der Waals surface area (Å²) in [4.78, 5) is 0. The zero-order chi connectivity index (χ0) is 44.1. The third kappa shape index (κ3) is 11.0. The second-order valence-corrected chi connectivity index (χ2v) is 16.8. The maximum Gasteiger partial charge on any atom is 0.421 e. The van der Waals surface area contributed by atoms with Crippen molar-refractivity contribution < 1.29 is 45.3 Å². The van der Waals surface area contributed by atoms with Crippen molar-refractivity contribution in [3.05, 3.63) is 129 Å². The lowest BCUT2D eigenvalue weighted by molar-refractivity contribution is -0.281. The summed E-state index contributed by atoms with van der Waals surface area (Å²) in [6.07, 6.45) is -4.04. The molecule has 0 amide bonds. The number of alkyl halides is 6. The second kappa shape index (κ2) is 21.8. The Morgan fingerprint density at radius 3 is 1.33 bits per heavy atom. The molecule has 3 unspecified atom stereocenters. The molecule has 16 heteroatoms. The summed E-state index contributed by atoms with van der Waals surface area (Å²) in [6, 6.07) is 27.8. The quantitative estimate of drug-likeness (QED) is 0.117. The van der Waals surface area contributed by atoms with Gasteiger partial charge in [-0.3, -0.25) is 0 Å². The van der Waals surface area contributed by atoms with Crippen LogP contribution < -0.4 is 30.7 Å². The average Bonchev–Trinajstić information content (AvgIpc) is 3.27. The first-order valence-electron chi connectivity index (χ1n) is 21.5. The largest absolute Gasteiger partial charge is 0.496 e.